The van der Waals surface area contributed by atoms with Crippen molar-refractivity contribution in [3.8, 4) is 5.75 Å². The van der Waals surface area contributed by atoms with Gasteiger partial charge in [0.2, 0.25) is 0 Å². The van der Waals surface area contributed by atoms with Crippen molar-refractivity contribution in [1.29, 1.82) is 0 Å². The molecule has 4 aromatic carbocycles. The van der Waals surface area contributed by atoms with Crippen LogP contribution < -0.4 is 16.5 Å². The van der Waals surface area contributed by atoms with E-state index in [1.165, 1.54) is 11.0 Å². The predicted octanol–water partition coefficient (Wildman–Crippen LogP) is 3.99. The molecule has 2 amide bonds. The van der Waals surface area contributed by atoms with E-state index < -0.39 is 0 Å². The first-order valence-electron chi connectivity index (χ1n) is 16.1. The Morgan fingerprint density at radius 2 is 1.57 bits per heavy atom. The van der Waals surface area contributed by atoms with E-state index in [2.05, 4.69) is 20.1 Å². The number of imidazole rings is 1. The number of fused-ring (bicyclic) bond motifs is 2. The smallest absolute Gasteiger partial charge is 0.261 e. The van der Waals surface area contributed by atoms with Crippen LogP contribution in [0.1, 0.15) is 33.6 Å². The van der Waals surface area contributed by atoms with Crippen LogP contribution in [0.4, 0.5) is 11.4 Å². The van der Waals surface area contributed by atoms with Crippen molar-refractivity contribution in [2.24, 2.45) is 0 Å². The Labute approximate surface area is 270 Å². The molecule has 0 radical (unpaired) electrons. The number of anilines is 2. The van der Waals surface area contributed by atoms with E-state index in [1.54, 1.807) is 36.7 Å². The van der Waals surface area contributed by atoms with Crippen molar-refractivity contribution >= 4 is 61.3 Å². The number of nitrogen functional groups attached to an aromatic ring is 1. The van der Waals surface area contributed by atoms with E-state index in [4.69, 9.17) is 5.73 Å². The Morgan fingerprint density at radius 3 is 2.38 bits per heavy atom. The first-order valence-corrected chi connectivity index (χ1v) is 16.1. The first-order chi connectivity index (χ1) is 22.9. The number of imide groups is 1. The van der Waals surface area contributed by atoms with Gasteiger partial charge in [-0.05, 0) is 79.8 Å². The molecule has 2 aromatic heterocycles. The summed E-state index contributed by atoms with van der Waals surface area (Å²) >= 11 is 0. The number of phenols is 1. The van der Waals surface area contributed by atoms with Crippen LogP contribution in [0.3, 0.4) is 0 Å². The molecule has 0 aliphatic carbocycles. The van der Waals surface area contributed by atoms with Gasteiger partial charge in [0.05, 0.1) is 32.9 Å². The highest BCUT2D eigenvalue weighted by Crippen LogP contribution is 2.32. The number of amides is 2. The lowest BCUT2D eigenvalue weighted by atomic mass is 9.93. The Hall–Kier alpha value is -5.26. The molecule has 0 bridgehead atoms. The number of nitrogens with one attached hydrogen (secondary N) is 1. The molecule has 4 N–H and O–H groups in total. The number of nitrogens with zero attached hydrogens (tertiary/aromatic N) is 5. The lowest BCUT2D eigenvalue weighted by Gasteiger charge is -2.35. The fourth-order valence-corrected chi connectivity index (χ4v) is 7.32. The number of pyridine rings is 1. The van der Waals surface area contributed by atoms with Gasteiger partial charge in [-0.15, -0.1) is 0 Å². The topological polar surface area (TPSA) is 137 Å². The summed E-state index contributed by atoms with van der Waals surface area (Å²) in [5.74, 6) is -0.447. The van der Waals surface area contributed by atoms with Crippen molar-refractivity contribution in [3.63, 3.8) is 0 Å². The van der Waals surface area contributed by atoms with Gasteiger partial charge < -0.3 is 26.0 Å². The Kier molecular flexibility index (Phi) is 7.15. The summed E-state index contributed by atoms with van der Waals surface area (Å²) in [6, 6.07) is 17.7. The minimum absolute atomic E-state index is 0.0600. The quantitative estimate of drug-likeness (QED) is 0.0939. The standard InChI is InChI=1S/C36H35N7O4/c37-23-18-22-4-1-5-25-31(22)27(19-23)36(47)42(35(25)46)13-3-12-41-16-14-40(15-17-41)11-2-10-38-28-7-8-29-33-32(28)34(45)26-20-24(44)6-9-30(26)43(33)21-39-29/h1,4-9,18-21,38,44H,2-3,10-17,37H2. The molecule has 2 aliphatic heterocycles. The zero-order valence-corrected chi connectivity index (χ0v) is 25.9. The lowest BCUT2D eigenvalue weighted by Crippen LogP contribution is -2.48. The summed E-state index contributed by atoms with van der Waals surface area (Å²) in [6.07, 6.45) is 3.35. The van der Waals surface area contributed by atoms with Gasteiger partial charge in [-0.25, -0.2) is 4.98 Å². The molecule has 47 heavy (non-hydrogen) atoms. The lowest BCUT2D eigenvalue weighted by molar-refractivity contribution is 0.0597. The third kappa shape index (κ3) is 4.99. The minimum atomic E-state index is -0.271. The number of aromatic hydroxyl groups is 1. The van der Waals surface area contributed by atoms with Gasteiger partial charge in [-0.3, -0.25) is 23.7 Å². The Balaban J connectivity index is 0.834. The first kappa shape index (κ1) is 29.2. The zero-order valence-electron chi connectivity index (χ0n) is 25.9. The number of aromatic nitrogens is 2. The van der Waals surface area contributed by atoms with Gasteiger partial charge in [0, 0.05) is 61.6 Å². The number of carbonyl (C=O) groups excluding carboxylic acids is 2. The summed E-state index contributed by atoms with van der Waals surface area (Å²) in [5.41, 5.74) is 10.6. The minimum Gasteiger partial charge on any atom is -0.508 e. The highest BCUT2D eigenvalue weighted by Gasteiger charge is 2.33. The molecule has 11 heteroatoms. The van der Waals surface area contributed by atoms with Crippen molar-refractivity contribution in [1.82, 2.24) is 24.1 Å². The number of benzene rings is 4. The maximum absolute atomic E-state index is 13.5. The van der Waals surface area contributed by atoms with Crippen LogP contribution in [-0.4, -0.2) is 93.4 Å². The molecular weight excluding hydrogens is 594 g/mol. The molecule has 4 heterocycles. The molecule has 0 unspecified atom stereocenters. The van der Waals surface area contributed by atoms with E-state index in [-0.39, 0.29) is 23.0 Å². The van der Waals surface area contributed by atoms with Crippen LogP contribution in [0, 0.1) is 0 Å². The highest BCUT2D eigenvalue weighted by molar-refractivity contribution is 6.26. The second-order valence-electron chi connectivity index (χ2n) is 12.6. The van der Waals surface area contributed by atoms with E-state index in [9.17, 15) is 19.5 Å². The van der Waals surface area contributed by atoms with E-state index in [0.717, 1.165) is 73.3 Å². The third-order valence-electron chi connectivity index (χ3n) is 9.66. The molecule has 0 saturated carbocycles. The molecule has 6 aromatic rings. The third-order valence-corrected chi connectivity index (χ3v) is 9.66. The monoisotopic (exact) mass is 629 g/mol. The molecule has 0 atom stereocenters. The van der Waals surface area contributed by atoms with Crippen molar-refractivity contribution in [2.75, 3.05) is 63.4 Å². The van der Waals surface area contributed by atoms with Gasteiger partial charge in [0.25, 0.3) is 11.8 Å². The van der Waals surface area contributed by atoms with Crippen LogP contribution >= 0.6 is 0 Å². The van der Waals surface area contributed by atoms with E-state index in [0.29, 0.717) is 52.5 Å². The fourth-order valence-electron chi connectivity index (χ4n) is 7.32. The van der Waals surface area contributed by atoms with Crippen LogP contribution in [0.15, 0.2) is 71.8 Å². The maximum atomic E-state index is 13.5. The number of phenolic OH excluding ortho intramolecular Hbond substituents is 1. The van der Waals surface area contributed by atoms with Crippen LogP contribution in [0.2, 0.25) is 0 Å². The number of hydrogen-bond acceptors (Lipinski definition) is 9. The largest absolute Gasteiger partial charge is 0.508 e. The number of nitrogens with two attached hydrogens (primary N) is 1. The van der Waals surface area contributed by atoms with Gasteiger partial charge in [0.1, 0.15) is 12.1 Å². The van der Waals surface area contributed by atoms with Crippen LogP contribution in [0.25, 0.3) is 38.1 Å². The Bertz CT molecular complexity index is 2260. The summed E-state index contributed by atoms with van der Waals surface area (Å²) in [5, 5.41) is 16.1. The number of piperazine rings is 1. The average molecular weight is 630 g/mol. The molecular formula is C36H35N7O4. The summed E-state index contributed by atoms with van der Waals surface area (Å²) in [4.78, 5) is 50.7. The zero-order chi connectivity index (χ0) is 32.2. The summed E-state index contributed by atoms with van der Waals surface area (Å²) in [6.45, 7) is 6.60. The number of rotatable bonds is 9. The van der Waals surface area contributed by atoms with Crippen molar-refractivity contribution < 1.29 is 14.7 Å². The Morgan fingerprint density at radius 1 is 0.809 bits per heavy atom. The summed E-state index contributed by atoms with van der Waals surface area (Å²) in [7, 11) is 0. The number of carbonyl (C=O) groups is 2. The second-order valence-corrected chi connectivity index (χ2v) is 12.6. The second kappa shape index (κ2) is 11.5. The molecule has 0 spiro atoms. The van der Waals surface area contributed by atoms with Gasteiger partial charge >= 0.3 is 0 Å². The van der Waals surface area contributed by atoms with Crippen molar-refractivity contribution in [3.05, 3.63) is 88.3 Å². The molecule has 8 rings (SSSR count). The summed E-state index contributed by atoms with van der Waals surface area (Å²) < 4.78 is 1.92. The number of hydrogen-bond donors (Lipinski definition) is 3. The fraction of sp³-hybridized carbons (Fsp3) is 0.278. The highest BCUT2D eigenvalue weighted by atomic mass is 16.3. The van der Waals surface area contributed by atoms with Crippen LogP contribution in [0.5, 0.6) is 5.75 Å². The van der Waals surface area contributed by atoms with Gasteiger partial charge in [0.15, 0.2) is 5.43 Å². The molecule has 2 aliphatic rings. The normalized spacial score (nSPS) is 16.0. The van der Waals surface area contributed by atoms with Gasteiger partial charge in [-0.1, -0.05) is 12.1 Å². The SMILES string of the molecule is Nc1cc2c3c(cccc3c1)C(=O)N(CCCN1CCN(CCCNc3ccc4ncn5c6ccc(O)cc6c(=O)c3c45)CC1)C2=O. The average Bonchev–Trinajstić information content (AvgIpc) is 3.51. The van der Waals surface area contributed by atoms with Gasteiger partial charge in [-0.2, -0.15) is 0 Å². The van der Waals surface area contributed by atoms with Crippen LogP contribution in [-0.2, 0) is 0 Å². The predicted molar refractivity (Wildman–Crippen MR) is 184 cm³/mol. The molecule has 11 nitrogen and oxygen atoms in total. The van der Waals surface area contributed by atoms with E-state index >= 15 is 0 Å². The molecule has 238 valence electrons. The maximum Gasteiger partial charge on any atom is 0.261 e. The molecule has 1 fully saturated rings. The molecule has 1 saturated heterocycles. The van der Waals surface area contributed by atoms with Crippen molar-refractivity contribution in [2.45, 2.75) is 12.8 Å². The van der Waals surface area contributed by atoms with E-state index in [1.807, 2.05) is 28.7 Å².